The minimum atomic E-state index is 0.439. The van der Waals surface area contributed by atoms with Gasteiger partial charge in [-0.3, -0.25) is 0 Å². The topological polar surface area (TPSA) is 25.2 Å². The maximum absolute atomic E-state index is 5.63. The van der Waals surface area contributed by atoms with E-state index in [0.717, 1.165) is 38.1 Å². The SMILES string of the molecule is C#CCCCCNCc1ccc(Cl)o1. The number of hydrogen-bond acceptors (Lipinski definition) is 2. The van der Waals surface area contributed by atoms with Crippen LogP contribution in [0.2, 0.25) is 5.22 Å². The summed E-state index contributed by atoms with van der Waals surface area (Å²) in [5.41, 5.74) is 0. The highest BCUT2D eigenvalue weighted by molar-refractivity contribution is 6.28. The molecule has 1 aromatic rings. The van der Waals surface area contributed by atoms with Crippen LogP contribution < -0.4 is 5.32 Å². The molecule has 0 aliphatic carbocycles. The van der Waals surface area contributed by atoms with Gasteiger partial charge in [-0.25, -0.2) is 0 Å². The van der Waals surface area contributed by atoms with Gasteiger partial charge in [-0.05, 0) is 43.1 Å². The van der Waals surface area contributed by atoms with E-state index in [0.29, 0.717) is 5.22 Å². The Balaban J connectivity index is 2.02. The second kappa shape index (κ2) is 6.53. The average molecular weight is 212 g/mol. The molecule has 0 spiro atoms. The number of rotatable bonds is 6. The third-order valence-corrected chi connectivity index (χ3v) is 2.06. The van der Waals surface area contributed by atoms with Crippen LogP contribution in [0.15, 0.2) is 16.5 Å². The summed E-state index contributed by atoms with van der Waals surface area (Å²) >= 11 is 5.63. The van der Waals surface area contributed by atoms with E-state index in [1.54, 1.807) is 6.07 Å². The minimum Gasteiger partial charge on any atom is -0.448 e. The van der Waals surface area contributed by atoms with E-state index in [4.69, 9.17) is 22.4 Å². The first kappa shape index (κ1) is 11.2. The molecule has 0 aromatic carbocycles. The molecule has 0 bridgehead atoms. The van der Waals surface area contributed by atoms with Crippen LogP contribution in [-0.4, -0.2) is 6.54 Å². The van der Waals surface area contributed by atoms with Crippen molar-refractivity contribution in [3.8, 4) is 12.3 Å². The third kappa shape index (κ3) is 4.36. The zero-order chi connectivity index (χ0) is 10.2. The summed E-state index contributed by atoms with van der Waals surface area (Å²) in [7, 11) is 0. The Morgan fingerprint density at radius 3 is 2.93 bits per heavy atom. The standard InChI is InChI=1S/C11H14ClNO/c1-2-3-4-5-8-13-9-10-6-7-11(12)14-10/h1,6-7,13H,3-5,8-9H2. The van der Waals surface area contributed by atoms with Crippen molar-refractivity contribution in [1.29, 1.82) is 0 Å². The molecule has 0 aliphatic rings. The van der Waals surface area contributed by atoms with Gasteiger partial charge in [0.15, 0.2) is 5.22 Å². The fourth-order valence-electron chi connectivity index (χ4n) is 1.14. The lowest BCUT2D eigenvalue weighted by atomic mass is 10.2. The number of terminal acetylenes is 1. The van der Waals surface area contributed by atoms with E-state index >= 15 is 0 Å². The van der Waals surface area contributed by atoms with Gasteiger partial charge in [0, 0.05) is 6.42 Å². The lowest BCUT2D eigenvalue weighted by Gasteiger charge is -2.00. The quantitative estimate of drug-likeness (QED) is 0.578. The fraction of sp³-hybridized carbons (Fsp3) is 0.455. The van der Waals surface area contributed by atoms with Gasteiger partial charge in [0.2, 0.25) is 0 Å². The van der Waals surface area contributed by atoms with Crippen LogP contribution in [0.5, 0.6) is 0 Å². The smallest absolute Gasteiger partial charge is 0.193 e. The Hall–Kier alpha value is -0.910. The summed E-state index contributed by atoms with van der Waals surface area (Å²) in [6, 6.07) is 3.62. The molecule has 0 saturated carbocycles. The highest BCUT2D eigenvalue weighted by atomic mass is 35.5. The molecule has 0 atom stereocenters. The summed E-state index contributed by atoms with van der Waals surface area (Å²) < 4.78 is 5.18. The normalized spacial score (nSPS) is 10.0. The van der Waals surface area contributed by atoms with Crippen LogP contribution in [0.25, 0.3) is 0 Å². The molecule has 3 heteroatoms. The van der Waals surface area contributed by atoms with Gasteiger partial charge < -0.3 is 9.73 Å². The van der Waals surface area contributed by atoms with Gasteiger partial charge in [0.05, 0.1) is 6.54 Å². The summed E-state index contributed by atoms with van der Waals surface area (Å²) in [6.07, 6.45) is 8.16. The second-order valence-electron chi connectivity index (χ2n) is 3.04. The molecule has 76 valence electrons. The Morgan fingerprint density at radius 2 is 2.29 bits per heavy atom. The Kier molecular flexibility index (Phi) is 5.21. The maximum atomic E-state index is 5.63. The number of nitrogens with one attached hydrogen (secondary N) is 1. The molecule has 0 aliphatic heterocycles. The van der Waals surface area contributed by atoms with E-state index in [1.807, 2.05) is 6.07 Å². The Labute approximate surface area is 89.6 Å². The summed E-state index contributed by atoms with van der Waals surface area (Å²) in [6.45, 7) is 1.68. The van der Waals surface area contributed by atoms with Crippen molar-refractivity contribution in [3.63, 3.8) is 0 Å². The summed E-state index contributed by atoms with van der Waals surface area (Å²) in [4.78, 5) is 0. The van der Waals surface area contributed by atoms with Crippen molar-refractivity contribution < 1.29 is 4.42 Å². The first-order valence-electron chi connectivity index (χ1n) is 4.71. The number of hydrogen-bond donors (Lipinski definition) is 1. The summed E-state index contributed by atoms with van der Waals surface area (Å²) in [5.74, 6) is 3.48. The largest absolute Gasteiger partial charge is 0.448 e. The van der Waals surface area contributed by atoms with Crippen LogP contribution >= 0.6 is 11.6 Å². The number of furan rings is 1. The van der Waals surface area contributed by atoms with Crippen LogP contribution in [-0.2, 0) is 6.54 Å². The Bertz CT molecular complexity index is 300. The number of halogens is 1. The molecule has 1 rings (SSSR count). The van der Waals surface area contributed by atoms with Crippen LogP contribution in [0.3, 0.4) is 0 Å². The lowest BCUT2D eigenvalue weighted by molar-refractivity contribution is 0.481. The molecule has 1 N–H and O–H groups in total. The highest BCUT2D eigenvalue weighted by Crippen LogP contribution is 2.12. The van der Waals surface area contributed by atoms with Crippen LogP contribution in [0.1, 0.15) is 25.0 Å². The van der Waals surface area contributed by atoms with Gasteiger partial charge in [-0.15, -0.1) is 12.3 Å². The molecule has 0 unspecified atom stereocenters. The van der Waals surface area contributed by atoms with Crippen molar-refractivity contribution in [2.75, 3.05) is 6.54 Å². The van der Waals surface area contributed by atoms with Gasteiger partial charge in [0.25, 0.3) is 0 Å². The van der Waals surface area contributed by atoms with Crippen molar-refractivity contribution in [2.24, 2.45) is 0 Å². The van der Waals surface area contributed by atoms with Gasteiger partial charge in [-0.1, -0.05) is 0 Å². The monoisotopic (exact) mass is 211 g/mol. The van der Waals surface area contributed by atoms with Crippen LogP contribution in [0.4, 0.5) is 0 Å². The highest BCUT2D eigenvalue weighted by Gasteiger charge is 1.97. The first-order valence-corrected chi connectivity index (χ1v) is 5.09. The predicted molar refractivity (Wildman–Crippen MR) is 58.1 cm³/mol. The van der Waals surface area contributed by atoms with Gasteiger partial charge >= 0.3 is 0 Å². The average Bonchev–Trinajstić information content (AvgIpc) is 2.58. The van der Waals surface area contributed by atoms with E-state index in [1.165, 1.54) is 0 Å². The van der Waals surface area contributed by atoms with E-state index < -0.39 is 0 Å². The van der Waals surface area contributed by atoms with Gasteiger partial charge in [-0.2, -0.15) is 0 Å². The zero-order valence-corrected chi connectivity index (χ0v) is 8.81. The summed E-state index contributed by atoms with van der Waals surface area (Å²) in [5, 5.41) is 3.69. The molecule has 0 radical (unpaired) electrons. The van der Waals surface area contributed by atoms with Crippen molar-refractivity contribution in [1.82, 2.24) is 5.32 Å². The van der Waals surface area contributed by atoms with Crippen molar-refractivity contribution in [2.45, 2.75) is 25.8 Å². The molecule has 2 nitrogen and oxygen atoms in total. The molecule has 14 heavy (non-hydrogen) atoms. The first-order chi connectivity index (χ1) is 6.83. The van der Waals surface area contributed by atoms with Crippen LogP contribution in [0, 0.1) is 12.3 Å². The molecule has 1 aromatic heterocycles. The molecule has 0 amide bonds. The molecule has 0 saturated heterocycles. The lowest BCUT2D eigenvalue weighted by Crippen LogP contribution is -2.13. The molecular formula is C11H14ClNO. The maximum Gasteiger partial charge on any atom is 0.193 e. The fourth-order valence-corrected chi connectivity index (χ4v) is 1.30. The van der Waals surface area contributed by atoms with E-state index in [9.17, 15) is 0 Å². The van der Waals surface area contributed by atoms with Gasteiger partial charge in [0.1, 0.15) is 5.76 Å². The number of unbranched alkanes of at least 4 members (excludes halogenated alkanes) is 2. The predicted octanol–water partition coefficient (Wildman–Crippen LogP) is 2.83. The molecular weight excluding hydrogens is 198 g/mol. The Morgan fingerprint density at radius 1 is 1.43 bits per heavy atom. The zero-order valence-electron chi connectivity index (χ0n) is 8.05. The van der Waals surface area contributed by atoms with E-state index in [-0.39, 0.29) is 0 Å². The molecule has 0 fully saturated rings. The van der Waals surface area contributed by atoms with Crippen molar-refractivity contribution in [3.05, 3.63) is 23.1 Å². The molecule has 1 heterocycles. The van der Waals surface area contributed by atoms with E-state index in [2.05, 4.69) is 11.2 Å². The second-order valence-corrected chi connectivity index (χ2v) is 3.42. The third-order valence-electron chi connectivity index (χ3n) is 1.85. The van der Waals surface area contributed by atoms with Crippen molar-refractivity contribution >= 4 is 11.6 Å². The minimum absolute atomic E-state index is 0.439.